The monoisotopic (exact) mass is 320 g/mol. The number of benzene rings is 1. The molecule has 2 amide bonds. The lowest BCUT2D eigenvalue weighted by Crippen LogP contribution is -2.33. The predicted molar refractivity (Wildman–Crippen MR) is 82.3 cm³/mol. The van der Waals surface area contributed by atoms with Gasteiger partial charge in [-0.2, -0.15) is 5.10 Å². The third kappa shape index (κ3) is 2.00. The third-order valence-electron chi connectivity index (χ3n) is 3.95. The highest BCUT2D eigenvalue weighted by atomic mass is 16.2. The molecule has 0 saturated carbocycles. The first-order valence-corrected chi connectivity index (χ1v) is 7.31. The Hall–Kier alpha value is -3.42. The van der Waals surface area contributed by atoms with E-state index >= 15 is 0 Å². The number of fused-ring (bicyclic) bond motifs is 1. The summed E-state index contributed by atoms with van der Waals surface area (Å²) in [6, 6.07) is 6.18. The molecule has 24 heavy (non-hydrogen) atoms. The number of imide groups is 1. The van der Waals surface area contributed by atoms with Crippen LogP contribution < -0.4 is 0 Å². The molecule has 0 N–H and O–H groups in total. The summed E-state index contributed by atoms with van der Waals surface area (Å²) in [7, 11) is 0. The van der Waals surface area contributed by atoms with Crippen molar-refractivity contribution in [1.82, 2.24) is 29.6 Å². The molecule has 8 heteroatoms. The van der Waals surface area contributed by atoms with Crippen LogP contribution in [0.2, 0.25) is 0 Å². The van der Waals surface area contributed by atoms with Crippen molar-refractivity contribution in [3.63, 3.8) is 0 Å². The molecule has 3 heterocycles. The Bertz CT molecular complexity index is 902. The average Bonchev–Trinajstić information content (AvgIpc) is 3.23. The summed E-state index contributed by atoms with van der Waals surface area (Å²) in [5.41, 5.74) is 1.28. The first-order valence-electron chi connectivity index (χ1n) is 7.31. The molecule has 4 rings (SSSR count). The van der Waals surface area contributed by atoms with Crippen LogP contribution in [0.25, 0.3) is 5.82 Å². The molecule has 0 aliphatic carbocycles. The Labute approximate surface area is 136 Å². The number of aromatic nitrogens is 5. The molecule has 0 radical (unpaired) electrons. The molecule has 0 saturated heterocycles. The molecule has 1 unspecified atom stereocenters. The van der Waals surface area contributed by atoms with Crippen LogP contribution in [-0.4, -0.2) is 41.4 Å². The molecule has 1 aliphatic rings. The number of carbonyl (C=O) groups is 2. The average molecular weight is 320 g/mol. The fourth-order valence-corrected chi connectivity index (χ4v) is 2.81. The second-order valence-electron chi connectivity index (χ2n) is 5.31. The molecule has 118 valence electrons. The molecule has 0 bridgehead atoms. The van der Waals surface area contributed by atoms with E-state index in [4.69, 9.17) is 0 Å². The largest absolute Gasteiger partial charge is 0.269 e. The van der Waals surface area contributed by atoms with E-state index in [9.17, 15) is 9.59 Å². The van der Waals surface area contributed by atoms with Gasteiger partial charge in [-0.15, -0.1) is 0 Å². The maximum atomic E-state index is 12.6. The van der Waals surface area contributed by atoms with Crippen molar-refractivity contribution >= 4 is 11.8 Å². The first-order chi connectivity index (χ1) is 11.7. The molecule has 3 aromatic rings. The molecule has 2 aromatic heterocycles. The van der Waals surface area contributed by atoms with E-state index in [2.05, 4.69) is 20.1 Å². The predicted octanol–water partition coefficient (Wildman–Crippen LogP) is 1.41. The smallest absolute Gasteiger partial charge is 0.262 e. The van der Waals surface area contributed by atoms with Crippen LogP contribution in [0.3, 0.4) is 0 Å². The van der Waals surface area contributed by atoms with Crippen molar-refractivity contribution in [2.75, 3.05) is 0 Å². The fraction of sp³-hybridized carbons (Fsp3) is 0.125. The van der Waals surface area contributed by atoms with Crippen molar-refractivity contribution in [2.45, 2.75) is 13.0 Å². The quantitative estimate of drug-likeness (QED) is 0.677. The Kier molecular flexibility index (Phi) is 3.16. The van der Waals surface area contributed by atoms with Gasteiger partial charge in [0.15, 0.2) is 5.82 Å². The van der Waals surface area contributed by atoms with Crippen molar-refractivity contribution in [3.8, 4) is 5.82 Å². The standard InChI is InChI=1S/C16H12N6O2/c1-10(13-14(19-7-6-18-13)21-9-17-8-20-21)22-15(23)11-4-2-3-5-12(11)16(22)24/h2-10H,1H3. The molecule has 0 fully saturated rings. The summed E-state index contributed by atoms with van der Waals surface area (Å²) in [6.07, 6.45) is 5.91. The Morgan fingerprint density at radius 1 is 1.00 bits per heavy atom. The minimum Gasteiger partial charge on any atom is -0.269 e. The summed E-state index contributed by atoms with van der Waals surface area (Å²) in [4.78, 5) is 39.0. The van der Waals surface area contributed by atoms with Gasteiger partial charge in [-0.1, -0.05) is 12.1 Å². The number of rotatable bonds is 3. The third-order valence-corrected chi connectivity index (χ3v) is 3.95. The van der Waals surface area contributed by atoms with Gasteiger partial charge in [-0.05, 0) is 19.1 Å². The minimum absolute atomic E-state index is 0.335. The van der Waals surface area contributed by atoms with Crippen LogP contribution in [-0.2, 0) is 0 Å². The topological polar surface area (TPSA) is 93.9 Å². The zero-order valence-electron chi connectivity index (χ0n) is 12.7. The lowest BCUT2D eigenvalue weighted by molar-refractivity contribution is 0.0592. The maximum Gasteiger partial charge on any atom is 0.262 e. The summed E-state index contributed by atoms with van der Waals surface area (Å²) in [5.74, 6) is -0.240. The second kappa shape index (κ2) is 5.34. The summed E-state index contributed by atoms with van der Waals surface area (Å²) >= 11 is 0. The van der Waals surface area contributed by atoms with Crippen molar-refractivity contribution < 1.29 is 9.59 Å². The number of hydrogen-bond acceptors (Lipinski definition) is 6. The maximum absolute atomic E-state index is 12.6. The van der Waals surface area contributed by atoms with Gasteiger partial charge < -0.3 is 0 Å². The van der Waals surface area contributed by atoms with Crippen LogP contribution in [0.5, 0.6) is 0 Å². The van der Waals surface area contributed by atoms with Gasteiger partial charge in [0, 0.05) is 12.4 Å². The van der Waals surface area contributed by atoms with Gasteiger partial charge >= 0.3 is 0 Å². The highest BCUT2D eigenvalue weighted by molar-refractivity contribution is 6.21. The number of hydrogen-bond donors (Lipinski definition) is 0. The second-order valence-corrected chi connectivity index (χ2v) is 5.31. The van der Waals surface area contributed by atoms with Crippen LogP contribution in [0.1, 0.15) is 39.4 Å². The highest BCUT2D eigenvalue weighted by Crippen LogP contribution is 2.31. The SMILES string of the molecule is CC(c1nccnc1-n1cncn1)N1C(=O)c2ccccc2C1=O. The van der Waals surface area contributed by atoms with Crippen molar-refractivity contribution in [3.05, 3.63) is 66.1 Å². The normalized spacial score (nSPS) is 14.8. The number of carbonyl (C=O) groups excluding carboxylic acids is 2. The van der Waals surface area contributed by atoms with Gasteiger partial charge in [0.1, 0.15) is 18.3 Å². The van der Waals surface area contributed by atoms with E-state index in [1.165, 1.54) is 34.6 Å². The van der Waals surface area contributed by atoms with E-state index in [-0.39, 0.29) is 11.8 Å². The molecule has 1 atom stereocenters. The Balaban J connectivity index is 1.78. The zero-order valence-corrected chi connectivity index (χ0v) is 12.7. The fourth-order valence-electron chi connectivity index (χ4n) is 2.81. The number of amides is 2. The molecule has 1 aliphatic heterocycles. The van der Waals surface area contributed by atoms with Crippen LogP contribution in [0.15, 0.2) is 49.3 Å². The summed E-state index contributed by atoms with van der Waals surface area (Å²) in [6.45, 7) is 1.74. The van der Waals surface area contributed by atoms with Crippen molar-refractivity contribution in [2.24, 2.45) is 0 Å². The summed E-state index contributed by atoms with van der Waals surface area (Å²) in [5, 5.41) is 4.05. The Morgan fingerprint density at radius 2 is 1.67 bits per heavy atom. The highest BCUT2D eigenvalue weighted by Gasteiger charge is 2.40. The molecule has 0 spiro atoms. The van der Waals surface area contributed by atoms with E-state index in [1.807, 2.05) is 0 Å². The van der Waals surface area contributed by atoms with Gasteiger partial charge in [0.05, 0.1) is 17.2 Å². The van der Waals surface area contributed by atoms with Crippen molar-refractivity contribution in [1.29, 1.82) is 0 Å². The van der Waals surface area contributed by atoms with E-state index in [1.54, 1.807) is 31.2 Å². The molecular weight excluding hydrogens is 308 g/mol. The van der Waals surface area contributed by atoms with Gasteiger partial charge in [0.2, 0.25) is 0 Å². The number of nitrogens with zero attached hydrogens (tertiary/aromatic N) is 6. The molecule has 8 nitrogen and oxygen atoms in total. The van der Waals surface area contributed by atoms with Crippen LogP contribution in [0, 0.1) is 0 Å². The molecular formula is C16H12N6O2. The van der Waals surface area contributed by atoms with E-state index in [0.717, 1.165) is 0 Å². The van der Waals surface area contributed by atoms with E-state index in [0.29, 0.717) is 22.6 Å². The zero-order chi connectivity index (χ0) is 16.7. The molecule has 1 aromatic carbocycles. The van der Waals surface area contributed by atoms with Gasteiger partial charge in [-0.25, -0.2) is 14.6 Å². The van der Waals surface area contributed by atoms with Gasteiger partial charge in [-0.3, -0.25) is 19.5 Å². The first kappa shape index (κ1) is 14.2. The van der Waals surface area contributed by atoms with Crippen LogP contribution >= 0.6 is 0 Å². The minimum atomic E-state index is -0.592. The Morgan fingerprint density at radius 3 is 2.29 bits per heavy atom. The van der Waals surface area contributed by atoms with E-state index < -0.39 is 6.04 Å². The summed E-state index contributed by atoms with van der Waals surface area (Å²) < 4.78 is 1.46. The van der Waals surface area contributed by atoms with Gasteiger partial charge in [0.25, 0.3) is 11.8 Å². The lowest BCUT2D eigenvalue weighted by atomic mass is 10.1. The van der Waals surface area contributed by atoms with Crippen LogP contribution in [0.4, 0.5) is 0 Å². The lowest BCUT2D eigenvalue weighted by Gasteiger charge is -2.23.